The van der Waals surface area contributed by atoms with Crippen molar-refractivity contribution in [2.45, 2.75) is 52.5 Å². The minimum atomic E-state index is 0.0669. The molecule has 0 N–H and O–H groups in total. The summed E-state index contributed by atoms with van der Waals surface area (Å²) in [5, 5.41) is 0. The van der Waals surface area contributed by atoms with Gasteiger partial charge in [-0.15, -0.1) is 0 Å². The second kappa shape index (κ2) is 5.84. The van der Waals surface area contributed by atoms with Crippen LogP contribution < -0.4 is 0 Å². The standard InChI is InChI=1S/C18H24N2O/c1-13(2)20-11-10-19-17(20)16(21)12-14-6-8-15(9-7-14)18(3,4)5/h6-11,13H,12H2,1-5H3. The zero-order chi connectivity index (χ0) is 15.6. The van der Waals surface area contributed by atoms with Gasteiger partial charge in [-0.2, -0.15) is 0 Å². The van der Waals surface area contributed by atoms with Gasteiger partial charge in [-0.3, -0.25) is 4.79 Å². The van der Waals surface area contributed by atoms with E-state index in [1.54, 1.807) is 6.20 Å². The molecule has 0 aliphatic heterocycles. The van der Waals surface area contributed by atoms with E-state index in [0.717, 1.165) is 5.56 Å². The van der Waals surface area contributed by atoms with E-state index >= 15 is 0 Å². The first-order valence-corrected chi connectivity index (χ1v) is 7.44. The molecular formula is C18H24N2O. The minimum Gasteiger partial charge on any atom is -0.326 e. The Labute approximate surface area is 127 Å². The van der Waals surface area contributed by atoms with Crippen LogP contribution in [-0.2, 0) is 11.8 Å². The third-order valence-electron chi connectivity index (χ3n) is 3.66. The number of imidazole rings is 1. The summed E-state index contributed by atoms with van der Waals surface area (Å²) >= 11 is 0. The molecule has 0 atom stereocenters. The van der Waals surface area contributed by atoms with Gasteiger partial charge in [0.15, 0.2) is 5.82 Å². The number of aromatic nitrogens is 2. The van der Waals surface area contributed by atoms with Gasteiger partial charge in [0.1, 0.15) is 0 Å². The summed E-state index contributed by atoms with van der Waals surface area (Å²) in [6.45, 7) is 10.7. The molecule has 0 aliphatic carbocycles. The maximum atomic E-state index is 12.4. The largest absolute Gasteiger partial charge is 0.326 e. The summed E-state index contributed by atoms with van der Waals surface area (Å²) in [6, 6.07) is 8.55. The molecule has 0 amide bonds. The Morgan fingerprint density at radius 3 is 2.33 bits per heavy atom. The molecule has 1 aromatic carbocycles. The number of ketones is 1. The van der Waals surface area contributed by atoms with E-state index in [2.05, 4.69) is 51.7 Å². The van der Waals surface area contributed by atoms with Gasteiger partial charge < -0.3 is 4.57 Å². The van der Waals surface area contributed by atoms with E-state index in [9.17, 15) is 4.79 Å². The molecule has 0 saturated heterocycles. The predicted molar refractivity (Wildman–Crippen MR) is 85.8 cm³/mol. The maximum absolute atomic E-state index is 12.4. The lowest BCUT2D eigenvalue weighted by Crippen LogP contribution is -2.14. The summed E-state index contributed by atoms with van der Waals surface area (Å²) in [5.41, 5.74) is 2.45. The van der Waals surface area contributed by atoms with Gasteiger partial charge in [0.2, 0.25) is 5.78 Å². The third-order valence-corrected chi connectivity index (χ3v) is 3.66. The van der Waals surface area contributed by atoms with E-state index in [1.807, 2.05) is 22.9 Å². The van der Waals surface area contributed by atoms with Crippen LogP contribution in [0.1, 0.15) is 62.4 Å². The molecule has 1 aromatic heterocycles. The van der Waals surface area contributed by atoms with Gasteiger partial charge in [0.05, 0.1) is 0 Å². The number of benzene rings is 1. The molecule has 0 fully saturated rings. The first kappa shape index (κ1) is 15.5. The Hall–Kier alpha value is -1.90. The van der Waals surface area contributed by atoms with Crippen molar-refractivity contribution in [1.29, 1.82) is 0 Å². The molecule has 0 aliphatic rings. The van der Waals surface area contributed by atoms with Crippen LogP contribution >= 0.6 is 0 Å². The number of rotatable bonds is 4. The Morgan fingerprint density at radius 1 is 1.19 bits per heavy atom. The van der Waals surface area contributed by atoms with E-state index in [0.29, 0.717) is 12.2 Å². The molecule has 2 aromatic rings. The molecule has 2 rings (SSSR count). The summed E-state index contributed by atoms with van der Waals surface area (Å²) < 4.78 is 1.92. The van der Waals surface area contributed by atoms with Gasteiger partial charge in [-0.1, -0.05) is 45.0 Å². The molecule has 112 valence electrons. The second-order valence-electron chi connectivity index (χ2n) is 6.80. The molecule has 1 heterocycles. The highest BCUT2D eigenvalue weighted by Gasteiger charge is 2.16. The average molecular weight is 284 g/mol. The van der Waals surface area contributed by atoms with Gasteiger partial charge >= 0.3 is 0 Å². The van der Waals surface area contributed by atoms with Crippen LogP contribution in [0.4, 0.5) is 0 Å². The fourth-order valence-electron chi connectivity index (χ4n) is 2.33. The minimum absolute atomic E-state index is 0.0669. The molecular weight excluding hydrogens is 260 g/mol. The summed E-state index contributed by atoms with van der Waals surface area (Å²) in [6.07, 6.45) is 3.95. The lowest BCUT2D eigenvalue weighted by molar-refractivity contribution is 0.0977. The zero-order valence-electron chi connectivity index (χ0n) is 13.6. The van der Waals surface area contributed by atoms with Crippen molar-refractivity contribution in [2.24, 2.45) is 0 Å². The molecule has 0 bridgehead atoms. The van der Waals surface area contributed by atoms with Crippen LogP contribution in [0.5, 0.6) is 0 Å². The van der Waals surface area contributed by atoms with Crippen molar-refractivity contribution in [3.8, 4) is 0 Å². The molecule has 0 unspecified atom stereocenters. The number of carbonyl (C=O) groups is 1. The molecule has 0 saturated carbocycles. The van der Waals surface area contributed by atoms with E-state index in [-0.39, 0.29) is 17.2 Å². The van der Waals surface area contributed by atoms with Crippen LogP contribution in [0, 0.1) is 0 Å². The van der Waals surface area contributed by atoms with Gasteiger partial charge in [-0.05, 0) is 30.4 Å². The summed E-state index contributed by atoms with van der Waals surface area (Å²) in [5.74, 6) is 0.613. The summed E-state index contributed by atoms with van der Waals surface area (Å²) in [7, 11) is 0. The van der Waals surface area contributed by atoms with Crippen molar-refractivity contribution in [3.63, 3.8) is 0 Å². The second-order valence-corrected chi connectivity index (χ2v) is 6.80. The quantitative estimate of drug-likeness (QED) is 0.789. The third kappa shape index (κ3) is 3.60. The monoisotopic (exact) mass is 284 g/mol. The van der Waals surface area contributed by atoms with Crippen LogP contribution in [0.25, 0.3) is 0 Å². The number of hydrogen-bond donors (Lipinski definition) is 0. The Balaban J connectivity index is 2.15. The van der Waals surface area contributed by atoms with Crippen LogP contribution in [0.2, 0.25) is 0 Å². The zero-order valence-corrected chi connectivity index (χ0v) is 13.6. The Kier molecular flexibility index (Phi) is 4.31. The van der Waals surface area contributed by atoms with Crippen LogP contribution in [0.15, 0.2) is 36.7 Å². The maximum Gasteiger partial charge on any atom is 0.202 e. The molecule has 0 radical (unpaired) electrons. The number of hydrogen-bond acceptors (Lipinski definition) is 2. The van der Waals surface area contributed by atoms with Crippen LogP contribution in [-0.4, -0.2) is 15.3 Å². The highest BCUT2D eigenvalue weighted by molar-refractivity contribution is 5.94. The fraction of sp³-hybridized carbons (Fsp3) is 0.444. The van der Waals surface area contributed by atoms with Crippen molar-refractivity contribution >= 4 is 5.78 Å². The highest BCUT2D eigenvalue weighted by atomic mass is 16.1. The normalized spacial score (nSPS) is 11.9. The molecule has 3 heteroatoms. The number of nitrogens with zero attached hydrogens (tertiary/aromatic N) is 2. The first-order chi connectivity index (χ1) is 9.79. The van der Waals surface area contributed by atoms with Crippen molar-refractivity contribution < 1.29 is 4.79 Å². The van der Waals surface area contributed by atoms with Crippen LogP contribution in [0.3, 0.4) is 0 Å². The summed E-state index contributed by atoms with van der Waals surface area (Å²) in [4.78, 5) is 16.6. The Morgan fingerprint density at radius 2 is 1.81 bits per heavy atom. The topological polar surface area (TPSA) is 34.9 Å². The smallest absolute Gasteiger partial charge is 0.202 e. The average Bonchev–Trinajstić information content (AvgIpc) is 2.87. The van der Waals surface area contributed by atoms with Gasteiger partial charge in [0.25, 0.3) is 0 Å². The highest BCUT2D eigenvalue weighted by Crippen LogP contribution is 2.22. The predicted octanol–water partition coefficient (Wildman–Crippen LogP) is 4.19. The van der Waals surface area contributed by atoms with Crippen molar-refractivity contribution in [2.75, 3.05) is 0 Å². The molecule has 0 spiro atoms. The lowest BCUT2D eigenvalue weighted by Gasteiger charge is -2.19. The van der Waals surface area contributed by atoms with E-state index < -0.39 is 0 Å². The van der Waals surface area contributed by atoms with Crippen molar-refractivity contribution in [3.05, 3.63) is 53.6 Å². The lowest BCUT2D eigenvalue weighted by atomic mass is 9.86. The SMILES string of the molecule is CC(C)n1ccnc1C(=O)Cc1ccc(C(C)(C)C)cc1. The number of carbonyl (C=O) groups excluding carboxylic acids is 1. The Bertz CT molecular complexity index is 615. The molecule has 21 heavy (non-hydrogen) atoms. The fourth-order valence-corrected chi connectivity index (χ4v) is 2.33. The van der Waals surface area contributed by atoms with Gasteiger partial charge in [-0.25, -0.2) is 4.98 Å². The first-order valence-electron chi connectivity index (χ1n) is 7.44. The van der Waals surface area contributed by atoms with E-state index in [4.69, 9.17) is 0 Å². The van der Waals surface area contributed by atoms with Crippen molar-refractivity contribution in [1.82, 2.24) is 9.55 Å². The molecule has 3 nitrogen and oxygen atoms in total. The number of Topliss-reactive ketones (excluding diaryl/α,β-unsaturated/α-hetero) is 1. The van der Waals surface area contributed by atoms with E-state index in [1.165, 1.54) is 5.56 Å². The van der Waals surface area contributed by atoms with Gasteiger partial charge in [0, 0.05) is 24.9 Å².